The molecule has 3 nitrogen and oxygen atoms in total. The zero-order chi connectivity index (χ0) is 13.7. The summed E-state index contributed by atoms with van der Waals surface area (Å²) in [6.07, 6.45) is 1.43. The smallest absolute Gasteiger partial charge is 0.150 e. The van der Waals surface area contributed by atoms with E-state index in [4.69, 9.17) is 9.84 Å². The van der Waals surface area contributed by atoms with Crippen molar-refractivity contribution in [2.24, 2.45) is 0 Å². The molecule has 0 amide bonds. The van der Waals surface area contributed by atoms with Crippen molar-refractivity contribution in [3.05, 3.63) is 58.1 Å². The van der Waals surface area contributed by atoms with Crippen molar-refractivity contribution >= 4 is 22.2 Å². The number of benzene rings is 2. The van der Waals surface area contributed by atoms with E-state index >= 15 is 0 Å². The van der Waals surface area contributed by atoms with Gasteiger partial charge in [-0.1, -0.05) is 12.1 Å². The summed E-state index contributed by atoms with van der Waals surface area (Å²) in [5, 5.41) is 8.84. The Labute approximate surface area is 120 Å². The van der Waals surface area contributed by atoms with Crippen molar-refractivity contribution in [2.45, 2.75) is 6.42 Å². The molecule has 2 aromatic rings. The second kappa shape index (κ2) is 6.50. The molecule has 0 aromatic heterocycles. The molecule has 0 aliphatic carbocycles. The summed E-state index contributed by atoms with van der Waals surface area (Å²) in [6, 6.07) is 12.7. The van der Waals surface area contributed by atoms with Crippen LogP contribution in [0.25, 0.3) is 0 Å². The third-order valence-electron chi connectivity index (χ3n) is 2.64. The van der Waals surface area contributed by atoms with Gasteiger partial charge < -0.3 is 9.84 Å². The maximum atomic E-state index is 10.6. The van der Waals surface area contributed by atoms with Gasteiger partial charge in [-0.3, -0.25) is 4.79 Å². The number of carbonyl (C=O) groups excluding carboxylic acids is 1. The summed E-state index contributed by atoms with van der Waals surface area (Å²) < 4.78 is 6.45. The molecule has 0 unspecified atom stereocenters. The van der Waals surface area contributed by atoms with E-state index in [1.54, 1.807) is 18.2 Å². The van der Waals surface area contributed by atoms with Crippen LogP contribution < -0.4 is 4.74 Å². The Hall–Kier alpha value is -1.65. The summed E-state index contributed by atoms with van der Waals surface area (Å²) in [6.45, 7) is 0.138. The maximum absolute atomic E-state index is 10.6. The van der Waals surface area contributed by atoms with Crippen LogP contribution in [-0.2, 0) is 6.42 Å². The van der Waals surface area contributed by atoms with Crippen LogP contribution in [0.5, 0.6) is 11.5 Å². The summed E-state index contributed by atoms with van der Waals surface area (Å²) in [5.74, 6) is 1.36. The number of hydrogen-bond donors (Lipinski definition) is 1. The third-order valence-corrected chi connectivity index (χ3v) is 3.26. The van der Waals surface area contributed by atoms with Crippen LogP contribution in [-0.4, -0.2) is 18.0 Å². The molecule has 0 radical (unpaired) electrons. The van der Waals surface area contributed by atoms with Crippen LogP contribution in [0.15, 0.2) is 46.9 Å². The fourth-order valence-electron chi connectivity index (χ4n) is 1.65. The zero-order valence-corrected chi connectivity index (χ0v) is 11.8. The molecule has 2 rings (SSSR count). The molecule has 0 bridgehead atoms. The first-order valence-corrected chi connectivity index (χ1v) is 6.64. The molecule has 0 atom stereocenters. The van der Waals surface area contributed by atoms with Gasteiger partial charge in [0.15, 0.2) is 0 Å². The maximum Gasteiger partial charge on any atom is 0.150 e. The number of halogens is 1. The highest BCUT2D eigenvalue weighted by molar-refractivity contribution is 9.10. The highest BCUT2D eigenvalue weighted by Gasteiger charge is 2.04. The van der Waals surface area contributed by atoms with Gasteiger partial charge in [-0.25, -0.2) is 0 Å². The van der Waals surface area contributed by atoms with Crippen LogP contribution in [0, 0.1) is 0 Å². The summed E-state index contributed by atoms with van der Waals surface area (Å²) >= 11 is 3.37. The summed E-state index contributed by atoms with van der Waals surface area (Å²) in [5.41, 5.74) is 1.66. The van der Waals surface area contributed by atoms with Crippen molar-refractivity contribution in [3.8, 4) is 11.5 Å². The Morgan fingerprint density at radius 3 is 2.47 bits per heavy atom. The Bertz CT molecular complexity index is 564. The van der Waals surface area contributed by atoms with Gasteiger partial charge in [-0.15, -0.1) is 0 Å². The quantitative estimate of drug-likeness (QED) is 0.856. The van der Waals surface area contributed by atoms with Gasteiger partial charge in [-0.2, -0.15) is 0 Å². The standard InChI is InChI=1S/C15H13BrO3/c16-14-9-12(10-18)3-6-15(14)19-13-4-1-11(2-5-13)7-8-17/h1-6,9-10,17H,7-8H2. The third kappa shape index (κ3) is 3.66. The van der Waals surface area contributed by atoms with Gasteiger partial charge in [0.25, 0.3) is 0 Å². The number of hydrogen-bond acceptors (Lipinski definition) is 3. The fourth-order valence-corrected chi connectivity index (χ4v) is 2.13. The normalized spacial score (nSPS) is 10.2. The number of ether oxygens (including phenoxy) is 1. The van der Waals surface area contributed by atoms with Gasteiger partial charge in [0.05, 0.1) is 4.47 Å². The molecule has 0 aliphatic rings. The van der Waals surface area contributed by atoms with E-state index in [1.165, 1.54) is 0 Å². The summed E-state index contributed by atoms with van der Waals surface area (Å²) in [4.78, 5) is 10.6. The lowest BCUT2D eigenvalue weighted by Gasteiger charge is -2.08. The minimum absolute atomic E-state index is 0.138. The first kappa shape index (κ1) is 13.8. The molecule has 1 N–H and O–H groups in total. The van der Waals surface area contributed by atoms with Crippen molar-refractivity contribution < 1.29 is 14.6 Å². The minimum Gasteiger partial charge on any atom is -0.456 e. The van der Waals surface area contributed by atoms with Gasteiger partial charge in [0.1, 0.15) is 17.8 Å². The Morgan fingerprint density at radius 1 is 1.16 bits per heavy atom. The second-order valence-electron chi connectivity index (χ2n) is 4.03. The molecule has 0 aliphatic heterocycles. The van der Waals surface area contributed by atoms with E-state index in [-0.39, 0.29) is 6.61 Å². The lowest BCUT2D eigenvalue weighted by Crippen LogP contribution is -1.91. The number of carbonyl (C=O) groups is 1. The highest BCUT2D eigenvalue weighted by Crippen LogP contribution is 2.30. The fraction of sp³-hybridized carbons (Fsp3) is 0.133. The largest absolute Gasteiger partial charge is 0.456 e. The monoisotopic (exact) mass is 320 g/mol. The second-order valence-corrected chi connectivity index (χ2v) is 4.88. The lowest BCUT2D eigenvalue weighted by atomic mass is 10.1. The molecular weight excluding hydrogens is 308 g/mol. The van der Waals surface area contributed by atoms with E-state index in [0.717, 1.165) is 16.3 Å². The van der Waals surface area contributed by atoms with Crippen LogP contribution >= 0.6 is 15.9 Å². The van der Waals surface area contributed by atoms with Crippen LogP contribution in [0.2, 0.25) is 0 Å². The highest BCUT2D eigenvalue weighted by atomic mass is 79.9. The molecule has 98 valence electrons. The van der Waals surface area contributed by atoms with E-state index in [2.05, 4.69) is 15.9 Å². The predicted octanol–water partition coefficient (Wildman–Crippen LogP) is 3.59. The van der Waals surface area contributed by atoms with E-state index in [1.807, 2.05) is 24.3 Å². The van der Waals surface area contributed by atoms with Gasteiger partial charge in [0.2, 0.25) is 0 Å². The number of aliphatic hydroxyl groups excluding tert-OH is 1. The average Bonchev–Trinajstić information content (AvgIpc) is 2.43. The zero-order valence-electron chi connectivity index (χ0n) is 10.2. The SMILES string of the molecule is O=Cc1ccc(Oc2ccc(CCO)cc2)c(Br)c1. The molecule has 0 saturated carbocycles. The van der Waals surface area contributed by atoms with Gasteiger partial charge in [0, 0.05) is 12.2 Å². The molecule has 19 heavy (non-hydrogen) atoms. The van der Waals surface area contributed by atoms with Gasteiger partial charge in [-0.05, 0) is 58.2 Å². The molecule has 0 fully saturated rings. The average molecular weight is 321 g/mol. The minimum atomic E-state index is 0.138. The van der Waals surface area contributed by atoms with Crippen molar-refractivity contribution in [1.82, 2.24) is 0 Å². The number of aliphatic hydroxyl groups is 1. The van der Waals surface area contributed by atoms with E-state index < -0.39 is 0 Å². The molecular formula is C15H13BrO3. The molecule has 0 saturated heterocycles. The van der Waals surface area contributed by atoms with Crippen LogP contribution in [0.4, 0.5) is 0 Å². The first-order valence-electron chi connectivity index (χ1n) is 5.85. The molecule has 0 spiro atoms. The van der Waals surface area contributed by atoms with Crippen molar-refractivity contribution in [2.75, 3.05) is 6.61 Å². The van der Waals surface area contributed by atoms with Gasteiger partial charge >= 0.3 is 0 Å². The van der Waals surface area contributed by atoms with Crippen LogP contribution in [0.3, 0.4) is 0 Å². The topological polar surface area (TPSA) is 46.5 Å². The number of rotatable bonds is 5. The Kier molecular flexibility index (Phi) is 4.71. The van der Waals surface area contributed by atoms with Crippen molar-refractivity contribution in [1.29, 1.82) is 0 Å². The molecule has 4 heteroatoms. The number of aldehydes is 1. The summed E-state index contributed by atoms with van der Waals surface area (Å²) in [7, 11) is 0. The molecule has 2 aromatic carbocycles. The van der Waals surface area contributed by atoms with E-state index in [9.17, 15) is 4.79 Å². The lowest BCUT2D eigenvalue weighted by molar-refractivity contribution is 0.112. The first-order chi connectivity index (χ1) is 9.22. The molecule has 0 heterocycles. The van der Waals surface area contributed by atoms with E-state index in [0.29, 0.717) is 23.5 Å². The Balaban J connectivity index is 2.14. The van der Waals surface area contributed by atoms with Crippen molar-refractivity contribution in [3.63, 3.8) is 0 Å². The van der Waals surface area contributed by atoms with Crippen LogP contribution in [0.1, 0.15) is 15.9 Å². The predicted molar refractivity (Wildman–Crippen MR) is 76.8 cm³/mol. The Morgan fingerprint density at radius 2 is 1.89 bits per heavy atom.